The maximum atomic E-state index is 11.3. The molecule has 1 heterocycles. The summed E-state index contributed by atoms with van der Waals surface area (Å²) in [5.41, 5.74) is 0. The number of carbonyl (C=O) groups is 1. The van der Waals surface area contributed by atoms with Gasteiger partial charge < -0.3 is 15.4 Å². The number of nitrogens with two attached hydrogens (primary N) is 1. The van der Waals surface area contributed by atoms with Crippen LogP contribution in [0.4, 0.5) is 0 Å². The van der Waals surface area contributed by atoms with Gasteiger partial charge in [-0.05, 0) is 12.8 Å². The Labute approximate surface area is 116 Å². The fourth-order valence-corrected chi connectivity index (χ4v) is 2.10. The second-order valence-electron chi connectivity index (χ2n) is 4.05. The van der Waals surface area contributed by atoms with E-state index in [2.05, 4.69) is 5.32 Å². The Morgan fingerprint density at radius 1 is 1.59 bits per heavy atom. The Bertz CT molecular complexity index is 252. The zero-order valence-corrected chi connectivity index (χ0v) is 12.0. The average Bonchev–Trinajstić information content (AvgIpc) is 2.74. The van der Waals surface area contributed by atoms with Crippen LogP contribution in [0.5, 0.6) is 0 Å². The second-order valence-corrected chi connectivity index (χ2v) is 6.42. The lowest BCUT2D eigenvalue weighted by atomic mass is 10.2. The molecule has 17 heavy (non-hydrogen) atoms. The third-order valence-electron chi connectivity index (χ3n) is 2.65. The lowest BCUT2D eigenvalue weighted by molar-refractivity contribution is -0.697. The van der Waals surface area contributed by atoms with Gasteiger partial charge in [-0.1, -0.05) is 41.7 Å². The molecular weight excluding hydrogens is 286 g/mol. The third-order valence-corrected chi connectivity index (χ3v) is 3.35. The molecule has 3 N–H and O–H groups in total. The number of alkyl halides is 3. The van der Waals surface area contributed by atoms with Crippen LogP contribution in [0.15, 0.2) is 0 Å². The quantitative estimate of drug-likeness (QED) is 0.587. The molecule has 2 atom stereocenters. The van der Waals surface area contributed by atoms with Crippen LogP contribution in [-0.2, 0) is 9.53 Å². The largest absolute Gasteiger partial charge is 0.372 e. The van der Waals surface area contributed by atoms with E-state index >= 15 is 0 Å². The highest BCUT2D eigenvalue weighted by molar-refractivity contribution is 6.68. The summed E-state index contributed by atoms with van der Waals surface area (Å²) in [5, 5.41) is 4.50. The van der Waals surface area contributed by atoms with Crippen LogP contribution in [0.2, 0.25) is 0 Å². The molecule has 4 nitrogen and oxygen atoms in total. The van der Waals surface area contributed by atoms with Crippen LogP contribution in [0.1, 0.15) is 26.2 Å². The molecule has 0 unspecified atom stereocenters. The van der Waals surface area contributed by atoms with Crippen LogP contribution in [0.25, 0.3) is 0 Å². The van der Waals surface area contributed by atoms with Crippen LogP contribution in [-0.4, -0.2) is 35.1 Å². The number of amides is 1. The molecule has 0 spiro atoms. The molecule has 0 aromatic carbocycles. The van der Waals surface area contributed by atoms with Crippen molar-refractivity contribution in [3.8, 4) is 0 Å². The highest BCUT2D eigenvalue weighted by atomic mass is 35.6. The summed E-state index contributed by atoms with van der Waals surface area (Å²) in [5.74, 6) is -0.134. The number of rotatable bonds is 5. The SMILES string of the molecule is CCC(=O)N[C@@H]([NH2+]C[C@@H]1CCCO1)C(Cl)(Cl)Cl. The summed E-state index contributed by atoms with van der Waals surface area (Å²) in [6.07, 6.45) is 2.06. The van der Waals surface area contributed by atoms with E-state index in [1.165, 1.54) is 0 Å². The predicted molar refractivity (Wildman–Crippen MR) is 68.3 cm³/mol. The Balaban J connectivity index is 2.42. The lowest BCUT2D eigenvalue weighted by Gasteiger charge is -2.24. The monoisotopic (exact) mass is 303 g/mol. The van der Waals surface area contributed by atoms with E-state index < -0.39 is 9.96 Å². The molecule has 1 fully saturated rings. The van der Waals surface area contributed by atoms with Crippen molar-refractivity contribution >= 4 is 40.7 Å². The van der Waals surface area contributed by atoms with Gasteiger partial charge in [-0.2, -0.15) is 0 Å². The van der Waals surface area contributed by atoms with Gasteiger partial charge >= 0.3 is 0 Å². The normalized spacial score (nSPS) is 22.5. The number of ether oxygens (including phenoxy) is 1. The first-order chi connectivity index (χ1) is 7.93. The lowest BCUT2D eigenvalue weighted by Crippen LogP contribution is -2.97. The molecule has 0 bridgehead atoms. The first-order valence-corrected chi connectivity index (χ1v) is 6.88. The summed E-state index contributed by atoms with van der Waals surface area (Å²) >= 11 is 17.5. The molecule has 0 aromatic rings. The van der Waals surface area contributed by atoms with Gasteiger partial charge in [0, 0.05) is 13.0 Å². The van der Waals surface area contributed by atoms with Crippen molar-refractivity contribution in [2.75, 3.05) is 13.2 Å². The van der Waals surface area contributed by atoms with Gasteiger partial charge in [0.25, 0.3) is 3.79 Å². The number of quaternary nitrogens is 1. The summed E-state index contributed by atoms with van der Waals surface area (Å²) in [6, 6.07) is 0. The van der Waals surface area contributed by atoms with Crippen LogP contribution >= 0.6 is 34.8 Å². The van der Waals surface area contributed by atoms with Crippen molar-refractivity contribution in [1.82, 2.24) is 5.32 Å². The smallest absolute Gasteiger partial charge is 0.262 e. The molecule has 1 aliphatic heterocycles. The van der Waals surface area contributed by atoms with E-state index in [0.717, 1.165) is 19.4 Å². The topological polar surface area (TPSA) is 54.9 Å². The summed E-state index contributed by atoms with van der Waals surface area (Å²) in [7, 11) is 0. The van der Waals surface area contributed by atoms with Crippen molar-refractivity contribution < 1.29 is 14.8 Å². The predicted octanol–water partition coefficient (Wildman–Crippen LogP) is 0.951. The molecule has 0 radical (unpaired) electrons. The first kappa shape index (κ1) is 15.3. The highest BCUT2D eigenvalue weighted by Crippen LogP contribution is 2.27. The molecule has 0 aromatic heterocycles. The number of nitrogens with one attached hydrogen (secondary N) is 1. The summed E-state index contributed by atoms with van der Waals surface area (Å²) < 4.78 is 3.95. The number of carbonyl (C=O) groups excluding carboxylic acids is 1. The van der Waals surface area contributed by atoms with Gasteiger partial charge in [0.05, 0.1) is 0 Å². The fraction of sp³-hybridized carbons (Fsp3) is 0.900. The summed E-state index contributed by atoms with van der Waals surface area (Å²) in [6.45, 7) is 3.23. The second kappa shape index (κ2) is 7.00. The Morgan fingerprint density at radius 2 is 2.29 bits per heavy atom. The Hall–Kier alpha value is 0.260. The minimum Gasteiger partial charge on any atom is -0.372 e. The zero-order chi connectivity index (χ0) is 12.9. The minimum atomic E-state index is -1.52. The van der Waals surface area contributed by atoms with E-state index in [-0.39, 0.29) is 12.0 Å². The molecule has 1 amide bonds. The zero-order valence-electron chi connectivity index (χ0n) is 9.72. The molecule has 7 heteroatoms. The van der Waals surface area contributed by atoms with E-state index in [1.807, 2.05) is 5.32 Å². The molecule has 1 rings (SSSR count). The fourth-order valence-electron chi connectivity index (χ4n) is 1.67. The van der Waals surface area contributed by atoms with Gasteiger partial charge in [-0.15, -0.1) is 0 Å². The van der Waals surface area contributed by atoms with Gasteiger partial charge in [0.15, 0.2) is 0 Å². The van der Waals surface area contributed by atoms with Gasteiger partial charge in [0.1, 0.15) is 12.6 Å². The molecule has 1 saturated heterocycles. The van der Waals surface area contributed by atoms with E-state index in [4.69, 9.17) is 39.5 Å². The van der Waals surface area contributed by atoms with Crippen molar-refractivity contribution in [1.29, 1.82) is 0 Å². The van der Waals surface area contributed by atoms with Crippen LogP contribution in [0.3, 0.4) is 0 Å². The van der Waals surface area contributed by atoms with E-state index in [0.29, 0.717) is 13.0 Å². The molecule has 1 aliphatic rings. The molecule has 0 aliphatic carbocycles. The van der Waals surface area contributed by atoms with Crippen molar-refractivity contribution in [2.24, 2.45) is 0 Å². The van der Waals surface area contributed by atoms with Crippen molar-refractivity contribution in [3.63, 3.8) is 0 Å². The maximum Gasteiger partial charge on any atom is 0.262 e. The number of hydrogen-bond acceptors (Lipinski definition) is 2. The standard InChI is InChI=1S/C10H17Cl3N2O2/c1-2-8(16)15-9(10(11,12)13)14-6-7-4-3-5-17-7/h7,9,14H,2-6H2,1H3,(H,15,16)/p+1/t7-,9+/m0/s1. The van der Waals surface area contributed by atoms with E-state index in [1.54, 1.807) is 6.92 Å². The van der Waals surface area contributed by atoms with Crippen molar-refractivity contribution in [3.05, 3.63) is 0 Å². The first-order valence-electron chi connectivity index (χ1n) is 5.74. The number of halogens is 3. The Morgan fingerprint density at radius 3 is 2.76 bits per heavy atom. The van der Waals surface area contributed by atoms with Crippen LogP contribution < -0.4 is 10.6 Å². The average molecular weight is 305 g/mol. The molecule has 100 valence electrons. The molecule has 0 saturated carbocycles. The maximum absolute atomic E-state index is 11.3. The van der Waals surface area contributed by atoms with E-state index in [9.17, 15) is 4.79 Å². The van der Waals surface area contributed by atoms with Gasteiger partial charge in [0.2, 0.25) is 12.1 Å². The highest BCUT2D eigenvalue weighted by Gasteiger charge is 2.37. The molecular formula is C10H18Cl3N2O2+. The van der Waals surface area contributed by atoms with Crippen LogP contribution in [0, 0.1) is 0 Å². The van der Waals surface area contributed by atoms with Gasteiger partial charge in [-0.3, -0.25) is 4.79 Å². The minimum absolute atomic E-state index is 0.134. The summed E-state index contributed by atoms with van der Waals surface area (Å²) in [4.78, 5) is 11.3. The van der Waals surface area contributed by atoms with Gasteiger partial charge in [-0.25, -0.2) is 0 Å². The Kier molecular flexibility index (Phi) is 6.31. The third kappa shape index (κ3) is 5.62. The van der Waals surface area contributed by atoms with Crippen molar-refractivity contribution in [2.45, 2.75) is 42.2 Å². The number of hydrogen-bond donors (Lipinski definition) is 2.